The highest BCUT2D eigenvalue weighted by molar-refractivity contribution is 6.30. The minimum absolute atomic E-state index is 0.247. The van der Waals surface area contributed by atoms with Gasteiger partial charge in [-0.05, 0) is 53.8 Å². The van der Waals surface area contributed by atoms with Gasteiger partial charge in [0, 0.05) is 5.02 Å². The summed E-state index contributed by atoms with van der Waals surface area (Å²) in [5, 5.41) is 10.3. The quantitative estimate of drug-likeness (QED) is 0.761. The fraction of sp³-hybridized carbons (Fsp3) is 0.188. The maximum atomic E-state index is 13.3. The van der Waals surface area contributed by atoms with Crippen LogP contribution in [0.4, 0.5) is 4.39 Å². The molecule has 1 aliphatic carbocycles. The first-order chi connectivity index (χ1) is 9.15. The first-order valence-corrected chi connectivity index (χ1v) is 6.50. The summed E-state index contributed by atoms with van der Waals surface area (Å²) in [6, 6.07) is 14.4. The van der Waals surface area contributed by atoms with Gasteiger partial charge in [-0.15, -0.1) is 0 Å². The fourth-order valence-electron chi connectivity index (χ4n) is 2.86. The number of halogens is 2. The van der Waals surface area contributed by atoms with Crippen LogP contribution in [0.5, 0.6) is 0 Å². The molecule has 2 aromatic rings. The molecule has 3 heteroatoms. The van der Waals surface area contributed by atoms with Crippen LogP contribution in [0.2, 0.25) is 5.02 Å². The summed E-state index contributed by atoms with van der Waals surface area (Å²) in [5.41, 5.74) is 2.09. The van der Waals surface area contributed by atoms with Crippen LogP contribution in [0.1, 0.15) is 23.1 Å². The molecule has 1 atom stereocenters. The average Bonchev–Trinajstić information content (AvgIpc) is 2.78. The van der Waals surface area contributed by atoms with E-state index in [0.29, 0.717) is 11.4 Å². The van der Waals surface area contributed by atoms with Crippen LogP contribution in [0, 0.1) is 17.1 Å². The summed E-state index contributed by atoms with van der Waals surface area (Å²) in [6.45, 7) is 0. The second-order valence-electron chi connectivity index (χ2n) is 4.83. The molecule has 94 valence electrons. The Bertz CT molecular complexity index is 672. The molecular weight excluding hydrogens is 261 g/mol. The predicted octanol–water partition coefficient (Wildman–Crippen LogP) is 4.23. The van der Waals surface area contributed by atoms with Gasteiger partial charge in [0.05, 0.1) is 6.07 Å². The Morgan fingerprint density at radius 1 is 1.16 bits per heavy atom. The van der Waals surface area contributed by atoms with Crippen molar-refractivity contribution in [2.24, 2.45) is 0 Å². The first kappa shape index (κ1) is 12.2. The van der Waals surface area contributed by atoms with Crippen molar-refractivity contribution in [3.63, 3.8) is 0 Å². The van der Waals surface area contributed by atoms with E-state index < -0.39 is 5.41 Å². The predicted molar refractivity (Wildman–Crippen MR) is 72.6 cm³/mol. The van der Waals surface area contributed by atoms with Crippen molar-refractivity contribution in [3.8, 4) is 6.07 Å². The SMILES string of the molecule is N#CC1(c2ccc(Cl)cc2)CCc2cc(F)ccc21. The van der Waals surface area contributed by atoms with Gasteiger partial charge in [-0.3, -0.25) is 0 Å². The Morgan fingerprint density at radius 2 is 1.89 bits per heavy atom. The van der Waals surface area contributed by atoms with Gasteiger partial charge < -0.3 is 0 Å². The number of nitriles is 1. The van der Waals surface area contributed by atoms with Crippen molar-refractivity contribution >= 4 is 11.6 Å². The number of aryl methyl sites for hydroxylation is 1. The number of hydrogen-bond acceptors (Lipinski definition) is 1. The topological polar surface area (TPSA) is 23.8 Å². The molecule has 0 spiro atoms. The highest BCUT2D eigenvalue weighted by Crippen LogP contribution is 2.44. The van der Waals surface area contributed by atoms with Gasteiger partial charge in [0.2, 0.25) is 0 Å². The van der Waals surface area contributed by atoms with E-state index in [1.54, 1.807) is 18.2 Å². The lowest BCUT2D eigenvalue weighted by atomic mass is 9.77. The van der Waals surface area contributed by atoms with Crippen LogP contribution in [-0.4, -0.2) is 0 Å². The molecule has 0 aromatic heterocycles. The molecule has 0 aliphatic heterocycles. The molecule has 19 heavy (non-hydrogen) atoms. The van der Waals surface area contributed by atoms with Gasteiger partial charge in [-0.25, -0.2) is 4.39 Å². The van der Waals surface area contributed by atoms with E-state index in [2.05, 4.69) is 6.07 Å². The number of rotatable bonds is 1. The minimum Gasteiger partial charge on any atom is -0.207 e. The maximum absolute atomic E-state index is 13.3. The number of benzene rings is 2. The lowest BCUT2D eigenvalue weighted by Crippen LogP contribution is -2.22. The van der Waals surface area contributed by atoms with Crippen molar-refractivity contribution in [2.75, 3.05) is 0 Å². The van der Waals surface area contributed by atoms with Crippen molar-refractivity contribution in [1.82, 2.24) is 0 Å². The van der Waals surface area contributed by atoms with Crippen molar-refractivity contribution in [2.45, 2.75) is 18.3 Å². The summed E-state index contributed by atoms with van der Waals surface area (Å²) < 4.78 is 13.3. The van der Waals surface area contributed by atoms with E-state index in [9.17, 15) is 9.65 Å². The maximum Gasteiger partial charge on any atom is 0.123 e. The third-order valence-electron chi connectivity index (χ3n) is 3.82. The van der Waals surface area contributed by atoms with Crippen molar-refractivity contribution in [3.05, 3.63) is 70.0 Å². The fourth-order valence-corrected chi connectivity index (χ4v) is 2.98. The minimum atomic E-state index is -0.673. The standard InChI is InChI=1S/C16H11ClFN/c17-13-3-1-12(2-4-13)16(10-19)8-7-11-9-14(18)5-6-15(11)16/h1-6,9H,7-8H2. The van der Waals surface area contributed by atoms with Crippen LogP contribution in [0.3, 0.4) is 0 Å². The molecular formula is C16H11ClFN. The van der Waals surface area contributed by atoms with Crippen LogP contribution in [0.25, 0.3) is 0 Å². The molecule has 3 rings (SSSR count). The zero-order valence-corrected chi connectivity index (χ0v) is 10.9. The van der Waals surface area contributed by atoms with Crippen LogP contribution in [0.15, 0.2) is 42.5 Å². The molecule has 0 amide bonds. The molecule has 0 saturated heterocycles. The summed E-state index contributed by atoms with van der Waals surface area (Å²) in [5.74, 6) is -0.247. The molecule has 1 aliphatic rings. The normalized spacial score (nSPS) is 20.9. The Hall–Kier alpha value is -1.85. The first-order valence-electron chi connectivity index (χ1n) is 6.12. The van der Waals surface area contributed by atoms with Gasteiger partial charge in [0.25, 0.3) is 0 Å². The highest BCUT2D eigenvalue weighted by atomic mass is 35.5. The second kappa shape index (κ2) is 4.36. The molecule has 0 bridgehead atoms. The molecule has 0 heterocycles. The zero-order chi connectivity index (χ0) is 13.5. The molecule has 0 fully saturated rings. The smallest absolute Gasteiger partial charge is 0.123 e. The summed E-state index contributed by atoms with van der Waals surface area (Å²) >= 11 is 5.90. The van der Waals surface area contributed by atoms with Gasteiger partial charge in [-0.1, -0.05) is 29.8 Å². The second-order valence-corrected chi connectivity index (χ2v) is 5.26. The Labute approximate surface area is 116 Å². The number of nitrogens with zero attached hydrogens (tertiary/aromatic N) is 1. The van der Waals surface area contributed by atoms with Crippen molar-refractivity contribution < 1.29 is 4.39 Å². The van der Waals surface area contributed by atoms with Gasteiger partial charge in [0.15, 0.2) is 0 Å². The van der Waals surface area contributed by atoms with Gasteiger partial charge in [0.1, 0.15) is 11.2 Å². The summed E-state index contributed by atoms with van der Waals surface area (Å²) in [7, 11) is 0. The molecule has 0 saturated carbocycles. The van der Waals surface area contributed by atoms with E-state index in [0.717, 1.165) is 23.1 Å². The monoisotopic (exact) mass is 271 g/mol. The zero-order valence-electron chi connectivity index (χ0n) is 10.2. The molecule has 2 aromatic carbocycles. The van der Waals surface area contributed by atoms with E-state index >= 15 is 0 Å². The molecule has 1 unspecified atom stereocenters. The van der Waals surface area contributed by atoms with Crippen LogP contribution in [-0.2, 0) is 11.8 Å². The Balaban J connectivity index is 2.18. The largest absolute Gasteiger partial charge is 0.207 e. The van der Waals surface area contributed by atoms with E-state index in [-0.39, 0.29) is 5.82 Å². The summed E-state index contributed by atoms with van der Waals surface area (Å²) in [6.07, 6.45) is 1.41. The van der Waals surface area contributed by atoms with E-state index in [1.807, 2.05) is 12.1 Å². The third kappa shape index (κ3) is 1.82. The molecule has 0 radical (unpaired) electrons. The lowest BCUT2D eigenvalue weighted by Gasteiger charge is -2.23. The third-order valence-corrected chi connectivity index (χ3v) is 4.08. The summed E-state index contributed by atoms with van der Waals surface area (Å²) in [4.78, 5) is 0. The van der Waals surface area contributed by atoms with Crippen LogP contribution < -0.4 is 0 Å². The lowest BCUT2D eigenvalue weighted by molar-refractivity contribution is 0.625. The van der Waals surface area contributed by atoms with E-state index in [1.165, 1.54) is 12.1 Å². The van der Waals surface area contributed by atoms with E-state index in [4.69, 9.17) is 11.6 Å². The number of hydrogen-bond donors (Lipinski definition) is 0. The van der Waals surface area contributed by atoms with Gasteiger partial charge in [-0.2, -0.15) is 5.26 Å². The average molecular weight is 272 g/mol. The van der Waals surface area contributed by atoms with Crippen molar-refractivity contribution in [1.29, 1.82) is 5.26 Å². The highest BCUT2D eigenvalue weighted by Gasteiger charge is 2.40. The number of fused-ring (bicyclic) bond motifs is 1. The Morgan fingerprint density at radius 3 is 2.58 bits per heavy atom. The van der Waals surface area contributed by atoms with Crippen LogP contribution >= 0.6 is 11.6 Å². The van der Waals surface area contributed by atoms with Gasteiger partial charge >= 0.3 is 0 Å². The Kier molecular flexibility index (Phi) is 2.80. The molecule has 0 N–H and O–H groups in total. The molecule has 1 nitrogen and oxygen atoms in total.